The lowest BCUT2D eigenvalue weighted by molar-refractivity contribution is -0.119. The van der Waals surface area contributed by atoms with Crippen molar-refractivity contribution in [3.63, 3.8) is 0 Å². The largest absolute Gasteiger partial charge is 0.316 e. The standard InChI is InChI=1S/C29H39NO/c1-18-14-25-26(29(6,7)12-11-28(25,4)5)16-23(18)15-21-8-9-24(19(21)2)27(31)20(3)22-10-13-30-17-22/h8-9,14,16,20,22,30H,2,10-13,15,17H2,1,3-7H3. The first kappa shape index (κ1) is 22.3. The van der Waals surface area contributed by atoms with Crippen LogP contribution in [0.5, 0.6) is 0 Å². The number of hydrogen-bond acceptors (Lipinski definition) is 2. The summed E-state index contributed by atoms with van der Waals surface area (Å²) in [6, 6.07) is 4.88. The van der Waals surface area contributed by atoms with Gasteiger partial charge in [-0.3, -0.25) is 4.79 Å². The summed E-state index contributed by atoms with van der Waals surface area (Å²) in [5.41, 5.74) is 9.12. The Morgan fingerprint density at radius 3 is 2.39 bits per heavy atom. The smallest absolute Gasteiger partial charge is 0.166 e. The Balaban J connectivity index is 1.54. The van der Waals surface area contributed by atoms with Crippen molar-refractivity contribution in [2.75, 3.05) is 13.1 Å². The van der Waals surface area contributed by atoms with E-state index in [1.165, 1.54) is 40.7 Å². The van der Waals surface area contributed by atoms with Crippen molar-refractivity contribution in [1.82, 2.24) is 5.32 Å². The zero-order valence-corrected chi connectivity index (χ0v) is 20.3. The highest BCUT2D eigenvalue weighted by Crippen LogP contribution is 2.47. The second-order valence-electron chi connectivity index (χ2n) is 11.4. The molecule has 0 amide bonds. The van der Waals surface area contributed by atoms with Crippen molar-refractivity contribution in [2.24, 2.45) is 11.8 Å². The van der Waals surface area contributed by atoms with Crippen molar-refractivity contribution in [3.05, 3.63) is 69.8 Å². The van der Waals surface area contributed by atoms with E-state index in [1.807, 2.05) is 6.08 Å². The van der Waals surface area contributed by atoms with Crippen molar-refractivity contribution in [2.45, 2.75) is 78.1 Å². The molecule has 0 saturated carbocycles. The van der Waals surface area contributed by atoms with Crippen LogP contribution in [0.1, 0.15) is 76.1 Å². The molecular formula is C29H39NO. The second-order valence-corrected chi connectivity index (χ2v) is 11.4. The highest BCUT2D eigenvalue weighted by Gasteiger charge is 2.37. The molecule has 3 aliphatic rings. The molecule has 2 atom stereocenters. The summed E-state index contributed by atoms with van der Waals surface area (Å²) >= 11 is 0. The number of nitrogens with one attached hydrogen (secondary N) is 1. The average Bonchev–Trinajstić information content (AvgIpc) is 3.36. The van der Waals surface area contributed by atoms with Gasteiger partial charge < -0.3 is 5.32 Å². The summed E-state index contributed by atoms with van der Waals surface area (Å²) in [5.74, 6) is 0.757. The molecule has 2 aliphatic carbocycles. The maximum absolute atomic E-state index is 13.2. The Labute approximate surface area is 188 Å². The predicted molar refractivity (Wildman–Crippen MR) is 131 cm³/mol. The van der Waals surface area contributed by atoms with Crippen molar-refractivity contribution >= 4 is 5.78 Å². The molecule has 0 radical (unpaired) electrons. The van der Waals surface area contributed by atoms with E-state index in [9.17, 15) is 4.79 Å². The van der Waals surface area contributed by atoms with Crippen LogP contribution in [0.4, 0.5) is 0 Å². The molecule has 1 N–H and O–H groups in total. The van der Waals surface area contributed by atoms with Crippen LogP contribution in [0.15, 0.2) is 47.6 Å². The highest BCUT2D eigenvalue weighted by atomic mass is 16.1. The molecule has 1 aromatic carbocycles. The molecule has 1 saturated heterocycles. The zero-order chi connectivity index (χ0) is 22.6. The molecule has 0 spiro atoms. The fourth-order valence-corrected chi connectivity index (χ4v) is 5.68. The van der Waals surface area contributed by atoms with Gasteiger partial charge in [0, 0.05) is 11.5 Å². The molecule has 31 heavy (non-hydrogen) atoms. The Bertz CT molecular complexity index is 982. The summed E-state index contributed by atoms with van der Waals surface area (Å²) < 4.78 is 0. The van der Waals surface area contributed by atoms with Crippen molar-refractivity contribution < 1.29 is 4.79 Å². The van der Waals surface area contributed by atoms with Gasteiger partial charge in [0.2, 0.25) is 0 Å². The Morgan fingerprint density at radius 1 is 1.13 bits per heavy atom. The quantitative estimate of drug-likeness (QED) is 0.625. The number of aryl methyl sites for hydroxylation is 1. The molecule has 0 bridgehead atoms. The van der Waals surface area contributed by atoms with E-state index >= 15 is 0 Å². The molecule has 1 aliphatic heterocycles. The van der Waals surface area contributed by atoms with Crippen LogP contribution in [-0.4, -0.2) is 18.9 Å². The van der Waals surface area contributed by atoms with Gasteiger partial charge in [0.15, 0.2) is 5.78 Å². The third-order valence-corrected chi connectivity index (χ3v) is 8.34. The van der Waals surface area contributed by atoms with Gasteiger partial charge in [0.25, 0.3) is 0 Å². The summed E-state index contributed by atoms with van der Waals surface area (Å²) in [6.07, 6.45) is 8.54. The fraction of sp³-hybridized carbons (Fsp3) is 0.552. The van der Waals surface area contributed by atoms with Crippen LogP contribution in [0, 0.1) is 18.8 Å². The van der Waals surface area contributed by atoms with E-state index in [0.29, 0.717) is 5.92 Å². The number of carbonyl (C=O) groups is 1. The molecule has 1 aromatic rings. The van der Waals surface area contributed by atoms with Crippen LogP contribution in [0.2, 0.25) is 0 Å². The van der Waals surface area contributed by atoms with E-state index in [2.05, 4.69) is 71.6 Å². The number of carbonyl (C=O) groups excluding carboxylic acids is 1. The number of benzene rings is 1. The maximum atomic E-state index is 13.2. The molecule has 166 valence electrons. The SMILES string of the molecule is C=C1C(Cc2cc3c(cc2C)C(C)(C)CCC3(C)C)=CC=C1C(=O)C(C)C1CCNC1. The topological polar surface area (TPSA) is 29.1 Å². The molecule has 1 fully saturated rings. The third-order valence-electron chi connectivity index (χ3n) is 8.34. The Kier molecular flexibility index (Phi) is 5.67. The number of Topliss-reactive ketones (excluding diaryl/α,β-unsaturated/α-hetero) is 1. The normalized spacial score (nSPS) is 25.1. The van der Waals surface area contributed by atoms with Crippen LogP contribution in [0.3, 0.4) is 0 Å². The molecule has 2 heteroatoms. The summed E-state index contributed by atoms with van der Waals surface area (Å²) in [6.45, 7) is 20.2. The van der Waals surface area contributed by atoms with E-state index in [1.54, 1.807) is 0 Å². The Hall–Kier alpha value is -1.93. The van der Waals surface area contributed by atoms with Crippen molar-refractivity contribution in [3.8, 4) is 0 Å². The van der Waals surface area contributed by atoms with E-state index < -0.39 is 0 Å². The number of fused-ring (bicyclic) bond motifs is 1. The minimum Gasteiger partial charge on any atom is -0.316 e. The van der Waals surface area contributed by atoms with Gasteiger partial charge >= 0.3 is 0 Å². The summed E-state index contributed by atoms with van der Waals surface area (Å²) in [4.78, 5) is 13.2. The molecule has 1 heterocycles. The number of ketones is 1. The van der Waals surface area contributed by atoms with Gasteiger partial charge in [0.1, 0.15) is 0 Å². The first-order chi connectivity index (χ1) is 14.5. The van der Waals surface area contributed by atoms with E-state index in [4.69, 9.17) is 0 Å². The van der Waals surface area contributed by atoms with Crippen LogP contribution >= 0.6 is 0 Å². The Morgan fingerprint density at radius 2 is 1.77 bits per heavy atom. The van der Waals surface area contributed by atoms with Gasteiger partial charge in [-0.15, -0.1) is 0 Å². The van der Waals surface area contributed by atoms with Crippen LogP contribution in [0.25, 0.3) is 0 Å². The first-order valence-corrected chi connectivity index (χ1v) is 12.0. The minimum absolute atomic E-state index is 0.0549. The highest BCUT2D eigenvalue weighted by molar-refractivity contribution is 6.03. The van der Waals surface area contributed by atoms with Gasteiger partial charge in [-0.25, -0.2) is 0 Å². The van der Waals surface area contributed by atoms with Gasteiger partial charge in [-0.1, -0.05) is 65.5 Å². The van der Waals surface area contributed by atoms with Gasteiger partial charge in [-0.05, 0) is 95.8 Å². The monoisotopic (exact) mass is 417 g/mol. The van der Waals surface area contributed by atoms with Crippen LogP contribution in [-0.2, 0) is 22.0 Å². The van der Waals surface area contributed by atoms with Crippen molar-refractivity contribution in [1.29, 1.82) is 0 Å². The molecule has 2 unspecified atom stereocenters. The average molecular weight is 418 g/mol. The summed E-state index contributed by atoms with van der Waals surface area (Å²) in [7, 11) is 0. The molecule has 2 nitrogen and oxygen atoms in total. The number of hydrogen-bond donors (Lipinski definition) is 1. The lowest BCUT2D eigenvalue weighted by Crippen LogP contribution is -2.34. The zero-order valence-electron chi connectivity index (χ0n) is 20.3. The molecular weight excluding hydrogens is 378 g/mol. The van der Waals surface area contributed by atoms with Gasteiger partial charge in [-0.2, -0.15) is 0 Å². The van der Waals surface area contributed by atoms with E-state index in [-0.39, 0.29) is 22.5 Å². The van der Waals surface area contributed by atoms with E-state index in [0.717, 1.165) is 37.1 Å². The number of rotatable bonds is 5. The predicted octanol–water partition coefficient (Wildman–Crippen LogP) is 6.12. The first-order valence-electron chi connectivity index (χ1n) is 12.0. The minimum atomic E-state index is 0.0549. The third kappa shape index (κ3) is 4.00. The fourth-order valence-electron chi connectivity index (χ4n) is 5.68. The lowest BCUT2D eigenvalue weighted by atomic mass is 9.62. The van der Waals surface area contributed by atoms with Crippen LogP contribution < -0.4 is 5.32 Å². The number of allylic oxidation sites excluding steroid dienone is 5. The summed E-state index contributed by atoms with van der Waals surface area (Å²) in [5, 5.41) is 3.39. The second kappa shape index (κ2) is 7.89. The molecule has 4 rings (SSSR count). The molecule has 0 aromatic heterocycles. The maximum Gasteiger partial charge on any atom is 0.166 e. The van der Waals surface area contributed by atoms with Gasteiger partial charge in [0.05, 0.1) is 0 Å². The lowest BCUT2D eigenvalue weighted by Gasteiger charge is -2.42.